The summed E-state index contributed by atoms with van der Waals surface area (Å²) in [5, 5.41) is 2.83. The Bertz CT molecular complexity index is 381. The van der Waals surface area contributed by atoms with Gasteiger partial charge in [-0.3, -0.25) is 0 Å². The van der Waals surface area contributed by atoms with E-state index in [1.165, 1.54) is 0 Å². The van der Waals surface area contributed by atoms with Gasteiger partial charge >= 0.3 is 6.09 Å². The molecule has 1 amide bonds. The van der Waals surface area contributed by atoms with Crippen molar-refractivity contribution in [3.05, 3.63) is 35.9 Å². The van der Waals surface area contributed by atoms with Crippen LogP contribution in [0.4, 0.5) is 4.79 Å². The Hall–Kier alpha value is -1.55. The lowest BCUT2D eigenvalue weighted by Crippen LogP contribution is -2.30. The number of benzene rings is 1. The number of alkyl carbamates (subject to hydrolysis) is 1. The van der Waals surface area contributed by atoms with Crippen LogP contribution in [0.5, 0.6) is 0 Å². The van der Waals surface area contributed by atoms with E-state index in [0.29, 0.717) is 19.1 Å². The molecule has 1 atom stereocenters. The van der Waals surface area contributed by atoms with Gasteiger partial charge in [0.2, 0.25) is 0 Å². The third kappa shape index (κ3) is 4.04. The van der Waals surface area contributed by atoms with Crippen LogP contribution in [0.25, 0.3) is 0 Å². The van der Waals surface area contributed by atoms with Crippen molar-refractivity contribution in [3.8, 4) is 0 Å². The first kappa shape index (κ1) is 12.9. The molecule has 0 aliphatic carbocycles. The minimum Gasteiger partial charge on any atom is -0.445 e. The fraction of sp³-hybridized carbons (Fsp3) is 0.500. The van der Waals surface area contributed by atoms with Gasteiger partial charge in [0.1, 0.15) is 6.61 Å². The molecular weight excluding hydrogens is 228 g/mol. The zero-order chi connectivity index (χ0) is 12.8. The second-order valence-electron chi connectivity index (χ2n) is 4.86. The zero-order valence-corrected chi connectivity index (χ0v) is 10.8. The van der Waals surface area contributed by atoms with Gasteiger partial charge in [-0.25, -0.2) is 4.79 Å². The summed E-state index contributed by atoms with van der Waals surface area (Å²) in [4.78, 5) is 13.8. The molecule has 0 radical (unpaired) electrons. The van der Waals surface area contributed by atoms with Crippen LogP contribution in [0.2, 0.25) is 0 Å². The molecule has 4 nitrogen and oxygen atoms in total. The molecule has 0 aromatic heterocycles. The molecule has 98 valence electrons. The smallest absolute Gasteiger partial charge is 0.407 e. The lowest BCUT2D eigenvalue weighted by molar-refractivity contribution is 0.138. The second kappa shape index (κ2) is 6.40. The van der Waals surface area contributed by atoms with Gasteiger partial charge in [0, 0.05) is 13.1 Å². The number of amides is 1. The number of nitrogens with zero attached hydrogens (tertiary/aromatic N) is 1. The van der Waals surface area contributed by atoms with Gasteiger partial charge in [-0.1, -0.05) is 30.3 Å². The van der Waals surface area contributed by atoms with E-state index in [0.717, 1.165) is 25.1 Å². The second-order valence-corrected chi connectivity index (χ2v) is 4.86. The normalized spacial score (nSPS) is 19.7. The topological polar surface area (TPSA) is 41.6 Å². The summed E-state index contributed by atoms with van der Waals surface area (Å²) in [6.45, 7) is 3.21. The van der Waals surface area contributed by atoms with E-state index in [4.69, 9.17) is 4.74 Å². The van der Waals surface area contributed by atoms with Crippen LogP contribution in [0, 0.1) is 5.92 Å². The first-order valence-corrected chi connectivity index (χ1v) is 6.37. The summed E-state index contributed by atoms with van der Waals surface area (Å²) < 4.78 is 5.15. The number of rotatable bonds is 4. The highest BCUT2D eigenvalue weighted by Crippen LogP contribution is 2.12. The SMILES string of the molecule is CN1CC[C@H](CNC(=O)OCc2ccccc2)C1. The summed E-state index contributed by atoms with van der Waals surface area (Å²) >= 11 is 0. The summed E-state index contributed by atoms with van der Waals surface area (Å²) in [6.07, 6.45) is 0.823. The summed E-state index contributed by atoms with van der Waals surface area (Å²) in [5.41, 5.74) is 1.01. The molecule has 1 N–H and O–H groups in total. The first-order valence-electron chi connectivity index (χ1n) is 6.37. The van der Waals surface area contributed by atoms with E-state index in [1.54, 1.807) is 0 Å². The molecule has 0 bridgehead atoms. The average molecular weight is 248 g/mol. The van der Waals surface area contributed by atoms with Crippen LogP contribution < -0.4 is 5.32 Å². The van der Waals surface area contributed by atoms with Crippen molar-refractivity contribution in [2.45, 2.75) is 13.0 Å². The Kier molecular flexibility index (Phi) is 4.59. The number of ether oxygens (including phenoxy) is 1. The molecule has 0 saturated carbocycles. The molecule has 0 spiro atoms. The molecular formula is C14H20N2O2. The zero-order valence-electron chi connectivity index (χ0n) is 10.8. The number of nitrogens with one attached hydrogen (secondary N) is 1. The number of likely N-dealkylation sites (tertiary alicyclic amines) is 1. The molecule has 1 saturated heterocycles. The van der Waals surface area contributed by atoms with Gasteiger partial charge < -0.3 is 15.0 Å². The maximum Gasteiger partial charge on any atom is 0.407 e. The first-order chi connectivity index (χ1) is 8.74. The number of hydrogen-bond donors (Lipinski definition) is 1. The number of carbonyl (C=O) groups is 1. The predicted molar refractivity (Wildman–Crippen MR) is 70.2 cm³/mol. The Morgan fingerprint density at radius 3 is 2.89 bits per heavy atom. The summed E-state index contributed by atoms with van der Waals surface area (Å²) in [6, 6.07) is 9.70. The van der Waals surface area contributed by atoms with E-state index in [-0.39, 0.29) is 6.09 Å². The van der Waals surface area contributed by atoms with Crippen molar-refractivity contribution >= 4 is 6.09 Å². The molecule has 1 aliphatic rings. The third-order valence-electron chi connectivity index (χ3n) is 3.24. The number of carbonyl (C=O) groups excluding carboxylic acids is 1. The van der Waals surface area contributed by atoms with Crippen LogP contribution in [0.15, 0.2) is 30.3 Å². The van der Waals surface area contributed by atoms with Crippen molar-refractivity contribution in [2.24, 2.45) is 5.92 Å². The molecule has 1 aliphatic heterocycles. The Balaban J connectivity index is 1.63. The van der Waals surface area contributed by atoms with Crippen LogP contribution in [-0.4, -0.2) is 37.7 Å². The molecule has 4 heteroatoms. The Labute approximate surface area is 108 Å². The summed E-state index contributed by atoms with van der Waals surface area (Å²) in [7, 11) is 2.10. The highest BCUT2D eigenvalue weighted by atomic mass is 16.5. The van der Waals surface area contributed by atoms with E-state index in [9.17, 15) is 4.79 Å². The van der Waals surface area contributed by atoms with E-state index in [1.807, 2.05) is 30.3 Å². The lowest BCUT2D eigenvalue weighted by atomic mass is 10.1. The van der Waals surface area contributed by atoms with Crippen LogP contribution in [0.1, 0.15) is 12.0 Å². The largest absolute Gasteiger partial charge is 0.445 e. The predicted octanol–water partition coefficient (Wildman–Crippen LogP) is 1.86. The van der Waals surface area contributed by atoms with Crippen LogP contribution in [-0.2, 0) is 11.3 Å². The van der Waals surface area contributed by atoms with Gasteiger partial charge in [0.15, 0.2) is 0 Å². The van der Waals surface area contributed by atoms with Gasteiger partial charge in [-0.15, -0.1) is 0 Å². The summed E-state index contributed by atoms with van der Waals surface area (Å²) in [5.74, 6) is 0.555. The van der Waals surface area contributed by atoms with Gasteiger partial charge in [-0.2, -0.15) is 0 Å². The minimum atomic E-state index is -0.326. The van der Waals surface area contributed by atoms with Crippen molar-refractivity contribution in [1.82, 2.24) is 10.2 Å². The lowest BCUT2D eigenvalue weighted by Gasteiger charge is -2.12. The average Bonchev–Trinajstić information content (AvgIpc) is 2.81. The van der Waals surface area contributed by atoms with Gasteiger partial charge in [-0.05, 0) is 31.5 Å². The van der Waals surface area contributed by atoms with Crippen molar-refractivity contribution in [3.63, 3.8) is 0 Å². The maximum absolute atomic E-state index is 11.5. The Morgan fingerprint density at radius 2 is 2.22 bits per heavy atom. The van der Waals surface area contributed by atoms with E-state index >= 15 is 0 Å². The molecule has 1 aromatic rings. The highest BCUT2D eigenvalue weighted by molar-refractivity contribution is 5.67. The van der Waals surface area contributed by atoms with Crippen LogP contribution >= 0.6 is 0 Å². The number of hydrogen-bond acceptors (Lipinski definition) is 3. The standard InChI is InChI=1S/C14H20N2O2/c1-16-8-7-13(10-16)9-15-14(17)18-11-12-5-3-2-4-6-12/h2-6,13H,7-11H2,1H3,(H,15,17)/t13-/m1/s1. The Morgan fingerprint density at radius 1 is 1.44 bits per heavy atom. The molecule has 18 heavy (non-hydrogen) atoms. The van der Waals surface area contributed by atoms with Crippen molar-refractivity contribution in [1.29, 1.82) is 0 Å². The molecule has 1 fully saturated rings. The fourth-order valence-electron chi connectivity index (χ4n) is 2.19. The van der Waals surface area contributed by atoms with E-state index in [2.05, 4.69) is 17.3 Å². The van der Waals surface area contributed by atoms with Crippen molar-refractivity contribution in [2.75, 3.05) is 26.7 Å². The fourth-order valence-corrected chi connectivity index (χ4v) is 2.19. The third-order valence-corrected chi connectivity index (χ3v) is 3.24. The quantitative estimate of drug-likeness (QED) is 0.884. The van der Waals surface area contributed by atoms with Crippen LogP contribution in [0.3, 0.4) is 0 Å². The highest BCUT2D eigenvalue weighted by Gasteiger charge is 2.19. The monoisotopic (exact) mass is 248 g/mol. The maximum atomic E-state index is 11.5. The molecule has 0 unspecified atom stereocenters. The van der Waals surface area contributed by atoms with E-state index < -0.39 is 0 Å². The van der Waals surface area contributed by atoms with Gasteiger partial charge in [0.25, 0.3) is 0 Å². The molecule has 1 heterocycles. The minimum absolute atomic E-state index is 0.326. The van der Waals surface area contributed by atoms with Crippen molar-refractivity contribution < 1.29 is 9.53 Å². The van der Waals surface area contributed by atoms with Gasteiger partial charge in [0.05, 0.1) is 0 Å². The molecule has 2 rings (SSSR count). The molecule has 1 aromatic carbocycles.